The highest BCUT2D eigenvalue weighted by atomic mass is 35.5. The quantitative estimate of drug-likeness (QED) is 0.897. The van der Waals surface area contributed by atoms with Crippen molar-refractivity contribution in [2.45, 2.75) is 38.3 Å². The van der Waals surface area contributed by atoms with Crippen molar-refractivity contribution in [2.24, 2.45) is 0 Å². The van der Waals surface area contributed by atoms with Crippen molar-refractivity contribution >= 4 is 23.4 Å². The van der Waals surface area contributed by atoms with E-state index in [1.54, 1.807) is 27.8 Å². The van der Waals surface area contributed by atoms with Gasteiger partial charge in [0.25, 0.3) is 5.91 Å². The Labute approximate surface area is 157 Å². The zero-order valence-electron chi connectivity index (χ0n) is 14.4. The summed E-state index contributed by atoms with van der Waals surface area (Å²) in [6.45, 7) is 1.19. The summed E-state index contributed by atoms with van der Waals surface area (Å²) < 4.78 is 1.72. The third-order valence-electron chi connectivity index (χ3n) is 5.06. The first kappa shape index (κ1) is 17.1. The Hall–Kier alpha value is -2.34. The van der Waals surface area contributed by atoms with Gasteiger partial charge in [-0.3, -0.25) is 14.3 Å². The maximum atomic E-state index is 12.8. The molecule has 1 aliphatic heterocycles. The van der Waals surface area contributed by atoms with E-state index in [0.29, 0.717) is 23.8 Å². The van der Waals surface area contributed by atoms with Crippen LogP contribution in [0.25, 0.3) is 11.3 Å². The molecular formula is C19H21ClN4O2. The number of fused-ring (bicyclic) bond motifs is 1. The summed E-state index contributed by atoms with van der Waals surface area (Å²) in [7, 11) is 0. The molecule has 0 bridgehead atoms. The van der Waals surface area contributed by atoms with Crippen LogP contribution in [0.15, 0.2) is 30.3 Å². The molecule has 2 amide bonds. The first-order chi connectivity index (χ1) is 12.6. The second-order valence-corrected chi connectivity index (χ2v) is 7.36. The molecule has 0 spiro atoms. The monoisotopic (exact) mass is 372 g/mol. The van der Waals surface area contributed by atoms with Crippen LogP contribution in [0.5, 0.6) is 0 Å². The van der Waals surface area contributed by atoms with Crippen molar-refractivity contribution in [1.82, 2.24) is 20.0 Å². The summed E-state index contributed by atoms with van der Waals surface area (Å²) >= 11 is 5.93. The minimum Gasteiger partial charge on any atom is -0.352 e. The van der Waals surface area contributed by atoms with E-state index in [0.717, 1.165) is 24.1 Å². The second kappa shape index (κ2) is 7.11. The van der Waals surface area contributed by atoms with Crippen LogP contribution in [-0.2, 0) is 11.3 Å². The van der Waals surface area contributed by atoms with Crippen LogP contribution < -0.4 is 5.32 Å². The van der Waals surface area contributed by atoms with Crippen molar-refractivity contribution < 1.29 is 9.59 Å². The lowest BCUT2D eigenvalue weighted by atomic mass is 10.1. The largest absolute Gasteiger partial charge is 0.352 e. The van der Waals surface area contributed by atoms with Crippen molar-refractivity contribution in [3.8, 4) is 11.3 Å². The third kappa shape index (κ3) is 3.46. The van der Waals surface area contributed by atoms with Gasteiger partial charge in [0.15, 0.2) is 0 Å². The molecule has 6 nitrogen and oxygen atoms in total. The molecule has 1 aromatic carbocycles. The van der Waals surface area contributed by atoms with Gasteiger partial charge in [-0.05, 0) is 31.0 Å². The maximum Gasteiger partial charge on any atom is 0.272 e. The third-order valence-corrected chi connectivity index (χ3v) is 5.31. The fourth-order valence-electron chi connectivity index (χ4n) is 3.67. The molecular weight excluding hydrogens is 352 g/mol. The Morgan fingerprint density at radius 2 is 1.92 bits per heavy atom. The Morgan fingerprint density at radius 1 is 1.19 bits per heavy atom. The first-order valence-corrected chi connectivity index (χ1v) is 9.40. The number of hydrogen-bond donors (Lipinski definition) is 1. The molecule has 1 N–H and O–H groups in total. The lowest BCUT2D eigenvalue weighted by Crippen LogP contribution is -2.47. The Balaban J connectivity index is 1.46. The number of nitrogens with one attached hydrogen (secondary N) is 1. The highest BCUT2D eigenvalue weighted by molar-refractivity contribution is 6.30. The van der Waals surface area contributed by atoms with E-state index in [2.05, 4.69) is 10.4 Å². The number of rotatable bonds is 4. The van der Waals surface area contributed by atoms with E-state index in [1.807, 2.05) is 12.1 Å². The van der Waals surface area contributed by atoms with E-state index in [9.17, 15) is 9.59 Å². The highest BCUT2D eigenvalue weighted by Crippen LogP contribution is 2.24. The van der Waals surface area contributed by atoms with Gasteiger partial charge >= 0.3 is 0 Å². The van der Waals surface area contributed by atoms with Crippen molar-refractivity contribution in [2.75, 3.05) is 13.1 Å². The number of halogens is 1. The minimum atomic E-state index is -0.148. The average molecular weight is 373 g/mol. The molecule has 2 aliphatic rings. The molecule has 1 aliphatic carbocycles. The Bertz CT molecular complexity index is 825. The van der Waals surface area contributed by atoms with Gasteiger partial charge in [-0.1, -0.05) is 36.6 Å². The van der Waals surface area contributed by atoms with Gasteiger partial charge in [0, 0.05) is 23.2 Å². The normalized spacial score (nSPS) is 17.4. The van der Waals surface area contributed by atoms with Crippen molar-refractivity contribution in [3.63, 3.8) is 0 Å². The first-order valence-electron chi connectivity index (χ1n) is 9.02. The standard InChI is InChI=1S/C19H21ClN4O2/c20-14-7-5-13(6-8-14)16-11-17-19(26)23(9-10-24(17)22-16)12-18(25)21-15-3-1-2-4-15/h5-8,11,15H,1-4,9-10,12H2,(H,21,25). The van der Waals surface area contributed by atoms with E-state index in [4.69, 9.17) is 11.6 Å². The SMILES string of the molecule is O=C(CN1CCn2nc(-c3ccc(Cl)cc3)cc2C1=O)NC1CCCC1. The van der Waals surface area contributed by atoms with Crippen LogP contribution in [0.2, 0.25) is 5.02 Å². The number of benzene rings is 1. The fraction of sp³-hybridized carbons (Fsp3) is 0.421. The van der Waals surface area contributed by atoms with Crippen molar-refractivity contribution in [3.05, 3.63) is 41.0 Å². The van der Waals surface area contributed by atoms with Crippen LogP contribution in [0.4, 0.5) is 0 Å². The molecule has 1 aromatic heterocycles. The highest BCUT2D eigenvalue weighted by Gasteiger charge is 2.28. The summed E-state index contributed by atoms with van der Waals surface area (Å²) in [5, 5.41) is 8.22. The van der Waals surface area contributed by atoms with Crippen LogP contribution in [-0.4, -0.2) is 45.6 Å². The fourth-order valence-corrected chi connectivity index (χ4v) is 3.79. The molecule has 2 heterocycles. The van der Waals surface area contributed by atoms with Crippen molar-refractivity contribution in [1.29, 1.82) is 0 Å². The molecule has 0 atom stereocenters. The van der Waals surface area contributed by atoms with E-state index in [1.165, 1.54) is 12.8 Å². The molecule has 26 heavy (non-hydrogen) atoms. The molecule has 4 rings (SSSR count). The van der Waals surface area contributed by atoms with E-state index in [-0.39, 0.29) is 24.4 Å². The summed E-state index contributed by atoms with van der Waals surface area (Å²) in [6, 6.07) is 9.42. The van der Waals surface area contributed by atoms with Crippen LogP contribution in [0.1, 0.15) is 36.2 Å². The minimum absolute atomic E-state index is 0.0730. The van der Waals surface area contributed by atoms with Gasteiger partial charge < -0.3 is 10.2 Å². The molecule has 136 valence electrons. The molecule has 2 aromatic rings. The predicted octanol–water partition coefficient (Wildman–Crippen LogP) is 2.72. The smallest absolute Gasteiger partial charge is 0.272 e. The van der Waals surface area contributed by atoms with Crippen LogP contribution in [0.3, 0.4) is 0 Å². The van der Waals surface area contributed by atoms with E-state index < -0.39 is 0 Å². The lowest BCUT2D eigenvalue weighted by Gasteiger charge is -2.27. The lowest BCUT2D eigenvalue weighted by molar-refractivity contribution is -0.122. The van der Waals surface area contributed by atoms with E-state index >= 15 is 0 Å². The zero-order chi connectivity index (χ0) is 18.1. The number of carbonyl (C=O) groups excluding carboxylic acids is 2. The summed E-state index contributed by atoms with van der Waals surface area (Å²) in [5.74, 6) is -0.221. The molecule has 7 heteroatoms. The van der Waals surface area contributed by atoms with Crippen LogP contribution >= 0.6 is 11.6 Å². The number of carbonyl (C=O) groups is 2. The molecule has 0 unspecified atom stereocenters. The Morgan fingerprint density at radius 3 is 2.65 bits per heavy atom. The summed E-state index contributed by atoms with van der Waals surface area (Å²) in [4.78, 5) is 26.6. The molecule has 0 saturated heterocycles. The zero-order valence-corrected chi connectivity index (χ0v) is 15.2. The van der Waals surface area contributed by atoms with Gasteiger partial charge in [0.05, 0.1) is 18.8 Å². The Kier molecular flexibility index (Phi) is 4.68. The number of nitrogens with zero attached hydrogens (tertiary/aromatic N) is 3. The average Bonchev–Trinajstić information content (AvgIpc) is 3.28. The summed E-state index contributed by atoms with van der Waals surface area (Å²) in [6.07, 6.45) is 4.41. The number of hydrogen-bond acceptors (Lipinski definition) is 3. The second-order valence-electron chi connectivity index (χ2n) is 6.92. The molecule has 1 saturated carbocycles. The number of amides is 2. The topological polar surface area (TPSA) is 67.2 Å². The summed E-state index contributed by atoms with van der Waals surface area (Å²) in [5.41, 5.74) is 2.17. The van der Waals surface area contributed by atoms with Crippen LogP contribution in [0, 0.1) is 0 Å². The maximum absolute atomic E-state index is 12.8. The van der Waals surface area contributed by atoms with Gasteiger partial charge in [0.1, 0.15) is 5.69 Å². The predicted molar refractivity (Wildman–Crippen MR) is 99.0 cm³/mol. The molecule has 0 radical (unpaired) electrons. The molecule has 1 fully saturated rings. The van der Waals surface area contributed by atoms with Gasteiger partial charge in [-0.2, -0.15) is 5.10 Å². The number of aromatic nitrogens is 2. The van der Waals surface area contributed by atoms with Gasteiger partial charge in [-0.25, -0.2) is 0 Å². The van der Waals surface area contributed by atoms with Gasteiger partial charge in [-0.15, -0.1) is 0 Å². The van der Waals surface area contributed by atoms with Gasteiger partial charge in [0.2, 0.25) is 5.91 Å².